The Morgan fingerprint density at radius 2 is 2.19 bits per heavy atom. The minimum absolute atomic E-state index is 0.286. The van der Waals surface area contributed by atoms with Crippen LogP contribution < -0.4 is 20.5 Å². The molecule has 1 aliphatic heterocycles. The molecule has 0 unspecified atom stereocenters. The van der Waals surface area contributed by atoms with Crippen LogP contribution in [-0.4, -0.2) is 19.2 Å². The highest BCUT2D eigenvalue weighted by atomic mass is 16.7. The number of nitrogens with one attached hydrogen (secondary N) is 1. The van der Waals surface area contributed by atoms with Gasteiger partial charge in [-0.15, -0.1) is 0 Å². The van der Waals surface area contributed by atoms with Crippen molar-refractivity contribution in [3.63, 3.8) is 0 Å². The third kappa shape index (κ3) is 2.64. The smallest absolute Gasteiger partial charge is 0.231 e. The topological polar surface area (TPSA) is 73.6 Å². The van der Waals surface area contributed by atoms with E-state index in [9.17, 15) is 4.79 Å². The Labute approximate surface area is 93.5 Å². The summed E-state index contributed by atoms with van der Waals surface area (Å²) in [6.07, 6.45) is 0.352. The highest BCUT2D eigenvalue weighted by Crippen LogP contribution is 2.32. The van der Waals surface area contributed by atoms with Gasteiger partial charge in [0, 0.05) is 19.5 Å². The van der Waals surface area contributed by atoms with E-state index in [1.165, 1.54) is 0 Å². The van der Waals surface area contributed by atoms with Gasteiger partial charge in [-0.05, 0) is 17.7 Å². The minimum Gasteiger partial charge on any atom is -0.454 e. The Morgan fingerprint density at radius 1 is 1.38 bits per heavy atom. The fourth-order valence-electron chi connectivity index (χ4n) is 1.50. The number of hydrogen-bond donors (Lipinski definition) is 2. The van der Waals surface area contributed by atoms with E-state index < -0.39 is 0 Å². The molecule has 0 spiro atoms. The minimum atomic E-state index is -0.293. The molecule has 16 heavy (non-hydrogen) atoms. The molecule has 1 aromatic carbocycles. The highest BCUT2D eigenvalue weighted by molar-refractivity contribution is 5.73. The number of fused-ring (bicyclic) bond motifs is 1. The van der Waals surface area contributed by atoms with Crippen molar-refractivity contribution in [3.8, 4) is 11.5 Å². The molecule has 0 bridgehead atoms. The van der Waals surface area contributed by atoms with Gasteiger partial charge in [0.1, 0.15) is 0 Å². The van der Waals surface area contributed by atoms with Gasteiger partial charge >= 0.3 is 0 Å². The molecule has 5 heteroatoms. The van der Waals surface area contributed by atoms with Gasteiger partial charge in [-0.2, -0.15) is 0 Å². The Balaban J connectivity index is 1.83. The van der Waals surface area contributed by atoms with Crippen molar-refractivity contribution in [1.82, 2.24) is 5.32 Å². The van der Waals surface area contributed by atoms with Crippen LogP contribution in [0.3, 0.4) is 0 Å². The van der Waals surface area contributed by atoms with Crippen LogP contribution in [0.5, 0.6) is 11.5 Å². The summed E-state index contributed by atoms with van der Waals surface area (Å²) in [5, 5.41) is 3.13. The van der Waals surface area contributed by atoms with Gasteiger partial charge in [0.25, 0.3) is 0 Å². The Morgan fingerprint density at radius 3 is 3.00 bits per heavy atom. The second-order valence-electron chi connectivity index (χ2n) is 3.58. The molecule has 2 rings (SSSR count). The molecule has 0 fully saturated rings. The van der Waals surface area contributed by atoms with Gasteiger partial charge in [0.2, 0.25) is 12.7 Å². The van der Waals surface area contributed by atoms with E-state index in [4.69, 9.17) is 15.2 Å². The lowest BCUT2D eigenvalue weighted by Gasteiger charge is -2.04. The van der Waals surface area contributed by atoms with E-state index in [2.05, 4.69) is 5.32 Å². The molecule has 1 heterocycles. The summed E-state index contributed by atoms with van der Waals surface area (Å²) >= 11 is 0. The Hall–Kier alpha value is -1.75. The molecule has 1 aliphatic rings. The SMILES string of the molecule is NC(=O)CCNCc1ccc2c(c1)OCO2. The zero-order valence-electron chi connectivity index (χ0n) is 8.86. The van der Waals surface area contributed by atoms with E-state index >= 15 is 0 Å². The zero-order chi connectivity index (χ0) is 11.4. The summed E-state index contributed by atoms with van der Waals surface area (Å²) in [5.74, 6) is 1.26. The molecule has 0 aliphatic carbocycles. The first-order valence-corrected chi connectivity index (χ1v) is 5.13. The summed E-state index contributed by atoms with van der Waals surface area (Å²) in [6.45, 7) is 1.56. The number of amides is 1. The molecule has 0 saturated heterocycles. The molecule has 86 valence electrons. The maximum atomic E-state index is 10.5. The fraction of sp³-hybridized carbons (Fsp3) is 0.364. The van der Waals surface area contributed by atoms with E-state index in [0.717, 1.165) is 17.1 Å². The van der Waals surface area contributed by atoms with Crippen LogP contribution in [0.15, 0.2) is 18.2 Å². The number of hydrogen-bond acceptors (Lipinski definition) is 4. The number of nitrogens with two attached hydrogens (primary N) is 1. The van der Waals surface area contributed by atoms with Crippen molar-refractivity contribution in [2.45, 2.75) is 13.0 Å². The van der Waals surface area contributed by atoms with Gasteiger partial charge in [-0.1, -0.05) is 6.07 Å². The summed E-state index contributed by atoms with van der Waals surface area (Å²) in [5.41, 5.74) is 6.12. The molecular formula is C11H14N2O3. The standard InChI is InChI=1S/C11H14N2O3/c12-11(14)3-4-13-6-8-1-2-9-10(5-8)16-7-15-9/h1-2,5,13H,3-4,6-7H2,(H2,12,14). The molecule has 1 amide bonds. The van der Waals surface area contributed by atoms with E-state index in [-0.39, 0.29) is 12.7 Å². The lowest BCUT2D eigenvalue weighted by atomic mass is 10.2. The maximum Gasteiger partial charge on any atom is 0.231 e. The number of primary amides is 1. The van der Waals surface area contributed by atoms with E-state index in [0.29, 0.717) is 19.5 Å². The van der Waals surface area contributed by atoms with Gasteiger partial charge in [0.05, 0.1) is 0 Å². The second kappa shape index (κ2) is 4.85. The van der Waals surface area contributed by atoms with Crippen LogP contribution in [0.1, 0.15) is 12.0 Å². The number of benzene rings is 1. The van der Waals surface area contributed by atoms with Crippen LogP contribution in [0.4, 0.5) is 0 Å². The lowest BCUT2D eigenvalue weighted by Crippen LogP contribution is -2.21. The highest BCUT2D eigenvalue weighted by Gasteiger charge is 2.12. The normalized spacial score (nSPS) is 12.8. The molecule has 0 saturated carbocycles. The summed E-state index contributed by atoms with van der Waals surface area (Å²) < 4.78 is 10.5. The number of rotatable bonds is 5. The van der Waals surface area contributed by atoms with Crippen molar-refractivity contribution in [1.29, 1.82) is 0 Å². The van der Waals surface area contributed by atoms with Gasteiger partial charge < -0.3 is 20.5 Å². The van der Waals surface area contributed by atoms with Gasteiger partial charge in [-0.3, -0.25) is 4.79 Å². The molecule has 3 N–H and O–H groups in total. The van der Waals surface area contributed by atoms with Crippen LogP contribution in [0.2, 0.25) is 0 Å². The first-order chi connectivity index (χ1) is 7.75. The van der Waals surface area contributed by atoms with Gasteiger partial charge in [0.15, 0.2) is 11.5 Å². The second-order valence-corrected chi connectivity index (χ2v) is 3.58. The van der Waals surface area contributed by atoms with Crippen LogP contribution in [0.25, 0.3) is 0 Å². The van der Waals surface area contributed by atoms with E-state index in [1.807, 2.05) is 18.2 Å². The summed E-state index contributed by atoms with van der Waals surface area (Å²) in [7, 11) is 0. The predicted octanol–water partition coefficient (Wildman–Crippen LogP) is 0.380. The van der Waals surface area contributed by atoms with Crippen molar-refractivity contribution in [3.05, 3.63) is 23.8 Å². The average molecular weight is 222 g/mol. The molecular weight excluding hydrogens is 208 g/mol. The third-order valence-electron chi connectivity index (χ3n) is 2.31. The van der Waals surface area contributed by atoms with Crippen LogP contribution in [-0.2, 0) is 11.3 Å². The van der Waals surface area contributed by atoms with Crippen molar-refractivity contribution < 1.29 is 14.3 Å². The molecule has 1 aromatic rings. The maximum absolute atomic E-state index is 10.5. The summed E-state index contributed by atoms with van der Waals surface area (Å²) in [6, 6.07) is 5.78. The Bertz CT molecular complexity index is 393. The molecule has 0 atom stereocenters. The quantitative estimate of drug-likeness (QED) is 0.706. The third-order valence-corrected chi connectivity index (χ3v) is 2.31. The van der Waals surface area contributed by atoms with Gasteiger partial charge in [-0.25, -0.2) is 0 Å². The predicted molar refractivity (Wildman–Crippen MR) is 58.1 cm³/mol. The number of ether oxygens (including phenoxy) is 2. The average Bonchev–Trinajstić information content (AvgIpc) is 2.71. The largest absolute Gasteiger partial charge is 0.454 e. The molecule has 5 nitrogen and oxygen atoms in total. The summed E-state index contributed by atoms with van der Waals surface area (Å²) in [4.78, 5) is 10.5. The number of carbonyl (C=O) groups excluding carboxylic acids is 1. The monoisotopic (exact) mass is 222 g/mol. The zero-order valence-corrected chi connectivity index (χ0v) is 8.86. The molecule has 0 radical (unpaired) electrons. The first kappa shape index (κ1) is 10.8. The Kier molecular flexibility index (Phi) is 3.26. The van der Waals surface area contributed by atoms with Crippen LogP contribution in [0, 0.1) is 0 Å². The first-order valence-electron chi connectivity index (χ1n) is 5.13. The van der Waals surface area contributed by atoms with Crippen molar-refractivity contribution in [2.24, 2.45) is 5.73 Å². The number of carbonyl (C=O) groups is 1. The van der Waals surface area contributed by atoms with Crippen molar-refractivity contribution in [2.75, 3.05) is 13.3 Å². The molecule has 0 aromatic heterocycles. The fourth-order valence-corrected chi connectivity index (χ4v) is 1.50. The van der Waals surface area contributed by atoms with E-state index in [1.54, 1.807) is 0 Å². The lowest BCUT2D eigenvalue weighted by molar-refractivity contribution is -0.117. The van der Waals surface area contributed by atoms with Crippen LogP contribution >= 0.6 is 0 Å². The van der Waals surface area contributed by atoms with Crippen molar-refractivity contribution >= 4 is 5.91 Å².